The molecule has 6 heteroatoms. The van der Waals surface area contributed by atoms with Gasteiger partial charge in [-0.2, -0.15) is 8.42 Å². The second kappa shape index (κ2) is 8.78. The minimum absolute atomic E-state index is 0.136. The van der Waals surface area contributed by atoms with Crippen LogP contribution in [0.25, 0.3) is 0 Å². The van der Waals surface area contributed by atoms with Crippen molar-refractivity contribution in [1.82, 2.24) is 0 Å². The molecule has 0 aliphatic heterocycles. The van der Waals surface area contributed by atoms with E-state index in [1.54, 1.807) is 24.3 Å². The van der Waals surface area contributed by atoms with Crippen molar-refractivity contribution in [3.05, 3.63) is 65.2 Å². The summed E-state index contributed by atoms with van der Waals surface area (Å²) in [5.41, 5.74) is 3.13. The van der Waals surface area contributed by atoms with Crippen LogP contribution in [-0.2, 0) is 33.5 Å². The van der Waals surface area contributed by atoms with E-state index in [0.717, 1.165) is 24.9 Å². The van der Waals surface area contributed by atoms with E-state index < -0.39 is 15.9 Å². The molecule has 2 aromatic carbocycles. The largest absolute Gasteiger partial charge is 0.326 e. The fourth-order valence-corrected chi connectivity index (χ4v) is 3.17. The zero-order chi connectivity index (χ0) is 18.3. The Morgan fingerprint density at radius 1 is 1.04 bits per heavy atom. The van der Waals surface area contributed by atoms with E-state index in [2.05, 4.69) is 12.2 Å². The molecule has 1 amide bonds. The zero-order valence-electron chi connectivity index (χ0n) is 14.2. The summed E-state index contributed by atoms with van der Waals surface area (Å²) in [5.74, 6) is -0.632. The maximum atomic E-state index is 12.2. The number of anilines is 1. The highest BCUT2D eigenvalue weighted by Crippen LogP contribution is 2.13. The highest BCUT2D eigenvalue weighted by molar-refractivity contribution is 7.85. The van der Waals surface area contributed by atoms with E-state index in [1.807, 2.05) is 24.3 Å². The van der Waals surface area contributed by atoms with Crippen molar-refractivity contribution >= 4 is 21.7 Å². The van der Waals surface area contributed by atoms with Crippen molar-refractivity contribution in [3.8, 4) is 0 Å². The summed E-state index contributed by atoms with van der Waals surface area (Å²) >= 11 is 0. The van der Waals surface area contributed by atoms with Crippen LogP contribution in [0.5, 0.6) is 0 Å². The summed E-state index contributed by atoms with van der Waals surface area (Å²) in [6.07, 6.45) is 3.46. The van der Waals surface area contributed by atoms with Gasteiger partial charge in [0.2, 0.25) is 5.91 Å². The second-order valence-electron chi connectivity index (χ2n) is 6.07. The molecule has 0 saturated heterocycles. The summed E-state index contributed by atoms with van der Waals surface area (Å²) in [4.78, 5) is 12.2. The van der Waals surface area contributed by atoms with Gasteiger partial charge in [0, 0.05) is 5.69 Å². The lowest BCUT2D eigenvalue weighted by Crippen LogP contribution is -2.14. The van der Waals surface area contributed by atoms with Gasteiger partial charge < -0.3 is 5.32 Å². The van der Waals surface area contributed by atoms with Crippen LogP contribution >= 0.6 is 0 Å². The molecule has 0 atom stereocenters. The van der Waals surface area contributed by atoms with Crippen LogP contribution < -0.4 is 5.32 Å². The van der Waals surface area contributed by atoms with E-state index in [1.165, 1.54) is 5.56 Å². The highest BCUT2D eigenvalue weighted by atomic mass is 32.2. The van der Waals surface area contributed by atoms with Crippen molar-refractivity contribution < 1.29 is 17.8 Å². The number of nitrogens with one attached hydrogen (secondary N) is 1. The SMILES string of the molecule is CCCCc1ccc(NC(=O)Cc2cccc(CS(=O)(=O)O)c2)cc1. The standard InChI is InChI=1S/C19H23NO4S/c1-2-3-5-15-8-10-18(11-9-15)20-19(21)13-16-6-4-7-17(12-16)14-25(22,23)24/h4,6-12H,2-3,5,13-14H2,1H3,(H,20,21)(H,22,23,24). The van der Waals surface area contributed by atoms with Gasteiger partial charge in [0.25, 0.3) is 10.1 Å². The molecule has 0 aromatic heterocycles. The summed E-state index contributed by atoms with van der Waals surface area (Å²) < 4.78 is 30.8. The molecule has 0 aliphatic carbocycles. The lowest BCUT2D eigenvalue weighted by molar-refractivity contribution is -0.115. The van der Waals surface area contributed by atoms with Crippen LogP contribution in [0, 0.1) is 0 Å². The normalized spacial score (nSPS) is 11.3. The third kappa shape index (κ3) is 7.07. The summed E-state index contributed by atoms with van der Waals surface area (Å²) in [6.45, 7) is 2.15. The average molecular weight is 361 g/mol. The van der Waals surface area contributed by atoms with E-state index in [-0.39, 0.29) is 12.3 Å². The van der Waals surface area contributed by atoms with Crippen molar-refractivity contribution in [2.45, 2.75) is 38.4 Å². The van der Waals surface area contributed by atoms with Crippen LogP contribution in [0.3, 0.4) is 0 Å². The first kappa shape index (κ1) is 19.1. The molecule has 2 N–H and O–H groups in total. The van der Waals surface area contributed by atoms with Crippen molar-refractivity contribution in [2.75, 3.05) is 5.32 Å². The molecule has 2 aromatic rings. The van der Waals surface area contributed by atoms with Gasteiger partial charge in [0.05, 0.1) is 6.42 Å². The number of amides is 1. The molecule has 25 heavy (non-hydrogen) atoms. The molecule has 0 aliphatic rings. The van der Waals surface area contributed by atoms with Gasteiger partial charge in [0.15, 0.2) is 0 Å². The zero-order valence-corrected chi connectivity index (χ0v) is 15.1. The molecule has 2 rings (SSSR count). The summed E-state index contributed by atoms with van der Waals surface area (Å²) in [6, 6.07) is 14.4. The van der Waals surface area contributed by atoms with Gasteiger partial charge in [0.1, 0.15) is 5.75 Å². The Bertz CT molecular complexity index is 814. The third-order valence-corrected chi connectivity index (χ3v) is 4.46. The molecule has 0 saturated carbocycles. The quantitative estimate of drug-likeness (QED) is 0.704. The topological polar surface area (TPSA) is 83.5 Å². The monoisotopic (exact) mass is 361 g/mol. The van der Waals surface area contributed by atoms with Crippen LogP contribution in [0.2, 0.25) is 0 Å². The van der Waals surface area contributed by atoms with E-state index in [0.29, 0.717) is 11.1 Å². The van der Waals surface area contributed by atoms with Crippen molar-refractivity contribution in [1.29, 1.82) is 0 Å². The van der Waals surface area contributed by atoms with Gasteiger partial charge in [-0.25, -0.2) is 0 Å². The van der Waals surface area contributed by atoms with Gasteiger partial charge in [-0.1, -0.05) is 49.7 Å². The third-order valence-electron chi connectivity index (χ3n) is 3.76. The molecular formula is C19H23NO4S. The number of benzene rings is 2. The van der Waals surface area contributed by atoms with Crippen LogP contribution in [0.4, 0.5) is 5.69 Å². The summed E-state index contributed by atoms with van der Waals surface area (Å²) in [5, 5.41) is 2.83. The highest BCUT2D eigenvalue weighted by Gasteiger charge is 2.09. The maximum Gasteiger partial charge on any atom is 0.269 e. The Kier molecular flexibility index (Phi) is 6.73. The molecule has 0 spiro atoms. The fourth-order valence-electron chi connectivity index (χ4n) is 2.57. The predicted octanol–water partition coefficient (Wildman–Crippen LogP) is 3.60. The maximum absolute atomic E-state index is 12.2. The Morgan fingerprint density at radius 3 is 2.36 bits per heavy atom. The Hall–Kier alpha value is -2.18. The molecule has 0 unspecified atom stereocenters. The molecule has 5 nitrogen and oxygen atoms in total. The van der Waals surface area contributed by atoms with Crippen LogP contribution in [0.1, 0.15) is 36.5 Å². The van der Waals surface area contributed by atoms with E-state index in [4.69, 9.17) is 4.55 Å². The lowest BCUT2D eigenvalue weighted by atomic mass is 10.1. The number of hydrogen-bond acceptors (Lipinski definition) is 3. The predicted molar refractivity (Wildman–Crippen MR) is 99.1 cm³/mol. The minimum atomic E-state index is -4.08. The van der Waals surface area contributed by atoms with Crippen LogP contribution in [-0.4, -0.2) is 18.9 Å². The number of unbranched alkanes of at least 4 members (excludes halogenated alkanes) is 1. The smallest absolute Gasteiger partial charge is 0.269 e. The second-order valence-corrected chi connectivity index (χ2v) is 7.52. The van der Waals surface area contributed by atoms with Gasteiger partial charge in [-0.3, -0.25) is 9.35 Å². The number of aryl methyl sites for hydroxylation is 1. The number of carbonyl (C=O) groups excluding carboxylic acids is 1. The first-order valence-corrected chi connectivity index (χ1v) is 9.88. The average Bonchev–Trinajstić information content (AvgIpc) is 2.53. The van der Waals surface area contributed by atoms with Crippen molar-refractivity contribution in [2.24, 2.45) is 0 Å². The Morgan fingerprint density at radius 2 is 1.72 bits per heavy atom. The van der Waals surface area contributed by atoms with Crippen molar-refractivity contribution in [3.63, 3.8) is 0 Å². The number of rotatable bonds is 8. The molecule has 134 valence electrons. The van der Waals surface area contributed by atoms with Gasteiger partial charge >= 0.3 is 0 Å². The molecule has 0 heterocycles. The van der Waals surface area contributed by atoms with E-state index >= 15 is 0 Å². The molecule has 0 radical (unpaired) electrons. The number of hydrogen-bond donors (Lipinski definition) is 2. The van der Waals surface area contributed by atoms with Gasteiger partial charge in [-0.15, -0.1) is 0 Å². The first-order chi connectivity index (χ1) is 11.9. The first-order valence-electron chi connectivity index (χ1n) is 8.27. The van der Waals surface area contributed by atoms with Crippen LogP contribution in [0.15, 0.2) is 48.5 Å². The summed E-state index contributed by atoms with van der Waals surface area (Å²) in [7, 11) is -4.08. The van der Waals surface area contributed by atoms with Gasteiger partial charge in [-0.05, 0) is 41.7 Å². The lowest BCUT2D eigenvalue weighted by Gasteiger charge is -2.08. The Labute approximate surface area is 148 Å². The molecule has 0 bridgehead atoms. The number of carbonyl (C=O) groups is 1. The minimum Gasteiger partial charge on any atom is -0.326 e. The molecule has 0 fully saturated rings. The van der Waals surface area contributed by atoms with E-state index in [9.17, 15) is 13.2 Å². The Balaban J connectivity index is 1.95. The molecular weight excluding hydrogens is 338 g/mol. The fraction of sp³-hybridized carbons (Fsp3) is 0.316.